The minimum Gasteiger partial charge on any atom is -0.440 e. The third-order valence-electron chi connectivity index (χ3n) is 9.76. The number of aromatic nitrogens is 1. The van der Waals surface area contributed by atoms with Crippen molar-refractivity contribution in [1.82, 2.24) is 14.8 Å². The number of carbonyl (C=O) groups is 2. The molecule has 2 amide bonds. The molecular formula is C28H35N3O3. The van der Waals surface area contributed by atoms with Crippen LogP contribution in [0.25, 0.3) is 11.1 Å². The zero-order valence-corrected chi connectivity index (χ0v) is 20.0. The minimum atomic E-state index is -0.249. The van der Waals surface area contributed by atoms with Crippen LogP contribution in [0.3, 0.4) is 0 Å². The largest absolute Gasteiger partial charge is 0.440 e. The molecule has 0 N–H and O–H groups in total. The first-order valence-electron chi connectivity index (χ1n) is 13.5. The van der Waals surface area contributed by atoms with Crippen molar-refractivity contribution < 1.29 is 14.0 Å². The highest BCUT2D eigenvalue weighted by atomic mass is 16.3. The van der Waals surface area contributed by atoms with Crippen LogP contribution in [0, 0.1) is 23.2 Å². The minimum absolute atomic E-state index is 0.155. The Morgan fingerprint density at radius 1 is 0.912 bits per heavy atom. The zero-order chi connectivity index (χ0) is 22.9. The maximum absolute atomic E-state index is 14.0. The Bertz CT molecular complexity index is 1050. The van der Waals surface area contributed by atoms with Crippen molar-refractivity contribution in [3.05, 3.63) is 30.2 Å². The molecule has 1 unspecified atom stereocenters. The van der Waals surface area contributed by atoms with Gasteiger partial charge in [-0.2, -0.15) is 0 Å². The van der Waals surface area contributed by atoms with E-state index in [0.29, 0.717) is 5.91 Å². The van der Waals surface area contributed by atoms with Crippen LogP contribution in [0.5, 0.6) is 0 Å². The van der Waals surface area contributed by atoms with Crippen molar-refractivity contribution in [2.45, 2.75) is 76.2 Å². The highest BCUT2D eigenvalue weighted by molar-refractivity contribution is 5.91. The normalized spacial score (nSPS) is 35.4. The van der Waals surface area contributed by atoms with E-state index in [1.165, 1.54) is 19.3 Å². The molecule has 6 aliphatic rings. The Labute approximate surface area is 201 Å². The first-order chi connectivity index (χ1) is 16.6. The second-order valence-corrected chi connectivity index (χ2v) is 12.0. The fraction of sp³-hybridized carbons (Fsp3) is 0.679. The second-order valence-electron chi connectivity index (χ2n) is 12.0. The van der Waals surface area contributed by atoms with Gasteiger partial charge in [0.2, 0.25) is 11.8 Å². The number of fused-ring (bicyclic) bond motifs is 1. The van der Waals surface area contributed by atoms with Crippen molar-refractivity contribution in [2.75, 3.05) is 19.6 Å². The van der Waals surface area contributed by atoms with Crippen LogP contribution in [0.1, 0.15) is 76.0 Å². The molecular weight excluding hydrogens is 426 g/mol. The number of nitrogens with zero attached hydrogens (tertiary/aromatic N) is 3. The van der Waals surface area contributed by atoms with Crippen LogP contribution in [-0.4, -0.2) is 52.3 Å². The summed E-state index contributed by atoms with van der Waals surface area (Å²) in [4.78, 5) is 36.3. The summed E-state index contributed by atoms with van der Waals surface area (Å²) in [6, 6.07) is 7.64. The fourth-order valence-electron chi connectivity index (χ4n) is 8.57. The van der Waals surface area contributed by atoms with Crippen molar-refractivity contribution in [1.29, 1.82) is 0 Å². The van der Waals surface area contributed by atoms with Crippen molar-refractivity contribution in [3.63, 3.8) is 0 Å². The summed E-state index contributed by atoms with van der Waals surface area (Å²) < 4.78 is 6.00. The fourth-order valence-corrected chi connectivity index (χ4v) is 8.57. The molecule has 1 aromatic heterocycles. The van der Waals surface area contributed by atoms with Crippen molar-refractivity contribution in [3.8, 4) is 0 Å². The van der Waals surface area contributed by atoms with Crippen LogP contribution in [0.2, 0.25) is 0 Å². The average Bonchev–Trinajstić information content (AvgIpc) is 3.50. The molecule has 34 heavy (non-hydrogen) atoms. The maximum atomic E-state index is 14.0. The zero-order valence-electron chi connectivity index (χ0n) is 20.0. The summed E-state index contributed by atoms with van der Waals surface area (Å²) in [5.41, 5.74) is 1.58. The molecule has 8 rings (SSSR count). The van der Waals surface area contributed by atoms with E-state index in [0.717, 1.165) is 99.3 Å². The van der Waals surface area contributed by atoms with Gasteiger partial charge in [-0.3, -0.25) is 9.59 Å². The Hall–Kier alpha value is -2.37. The van der Waals surface area contributed by atoms with Gasteiger partial charge >= 0.3 is 0 Å². The standard InChI is InChI=1S/C28H35N3O3/c32-26(30-10-7-21(8-11-30)25-29-22-4-1-2-6-24(22)34-25)23-5-3-9-31(23)27(33)28-15-18-12-19(16-28)14-20(13-18)17-28/h1-2,4,6,18-21,23H,3,5,7-17H2. The van der Waals surface area contributed by atoms with Gasteiger partial charge in [-0.05, 0) is 94.1 Å². The molecule has 4 saturated carbocycles. The van der Waals surface area contributed by atoms with Gasteiger partial charge in [-0.25, -0.2) is 4.98 Å². The third-order valence-corrected chi connectivity index (χ3v) is 9.76. The molecule has 2 aromatic rings. The Kier molecular flexibility index (Phi) is 4.82. The third kappa shape index (κ3) is 3.31. The lowest BCUT2D eigenvalue weighted by molar-refractivity contribution is -0.162. The van der Waals surface area contributed by atoms with Gasteiger partial charge in [0.1, 0.15) is 11.6 Å². The molecule has 6 nitrogen and oxygen atoms in total. The molecule has 6 heteroatoms. The molecule has 6 fully saturated rings. The van der Waals surface area contributed by atoms with Gasteiger partial charge in [-0.1, -0.05) is 12.1 Å². The lowest BCUT2D eigenvalue weighted by Crippen LogP contribution is -2.57. The molecule has 1 atom stereocenters. The van der Waals surface area contributed by atoms with Gasteiger partial charge in [0.15, 0.2) is 11.5 Å². The van der Waals surface area contributed by atoms with Crippen LogP contribution < -0.4 is 0 Å². The molecule has 0 spiro atoms. The first-order valence-corrected chi connectivity index (χ1v) is 13.5. The van der Waals surface area contributed by atoms with E-state index in [-0.39, 0.29) is 23.3 Å². The van der Waals surface area contributed by atoms with E-state index < -0.39 is 0 Å². The molecule has 1 aromatic carbocycles. The molecule has 2 saturated heterocycles. The van der Waals surface area contributed by atoms with Gasteiger partial charge in [0.05, 0.1) is 5.41 Å². The lowest BCUT2D eigenvalue weighted by Gasteiger charge is -2.56. The Morgan fingerprint density at radius 2 is 1.59 bits per heavy atom. The number of piperidine rings is 1. The monoisotopic (exact) mass is 461 g/mol. The maximum Gasteiger partial charge on any atom is 0.245 e. The number of amides is 2. The van der Waals surface area contributed by atoms with E-state index in [1.807, 2.05) is 34.1 Å². The number of hydrogen-bond acceptors (Lipinski definition) is 4. The van der Waals surface area contributed by atoms with Crippen LogP contribution >= 0.6 is 0 Å². The summed E-state index contributed by atoms with van der Waals surface area (Å²) in [5, 5.41) is 0. The van der Waals surface area contributed by atoms with Crippen molar-refractivity contribution >= 4 is 22.9 Å². The number of benzene rings is 1. The average molecular weight is 462 g/mol. The van der Waals surface area contributed by atoms with Gasteiger partial charge < -0.3 is 14.2 Å². The molecule has 4 bridgehead atoms. The lowest BCUT2D eigenvalue weighted by atomic mass is 9.49. The summed E-state index contributed by atoms with van der Waals surface area (Å²) >= 11 is 0. The number of rotatable bonds is 3. The summed E-state index contributed by atoms with van der Waals surface area (Å²) in [7, 11) is 0. The Balaban J connectivity index is 1.03. The molecule has 180 valence electrons. The summed E-state index contributed by atoms with van der Waals surface area (Å²) in [5.74, 6) is 3.79. The quantitative estimate of drug-likeness (QED) is 0.662. The van der Waals surface area contributed by atoms with Crippen LogP contribution in [0.4, 0.5) is 0 Å². The highest BCUT2D eigenvalue weighted by Crippen LogP contribution is 2.60. The van der Waals surface area contributed by atoms with Crippen molar-refractivity contribution in [2.24, 2.45) is 23.2 Å². The number of carbonyl (C=O) groups excluding carboxylic acids is 2. The van der Waals surface area contributed by atoms with E-state index in [2.05, 4.69) is 4.98 Å². The number of likely N-dealkylation sites (tertiary alicyclic amines) is 2. The van der Waals surface area contributed by atoms with E-state index in [9.17, 15) is 9.59 Å². The number of oxazole rings is 1. The van der Waals surface area contributed by atoms with E-state index in [4.69, 9.17) is 4.42 Å². The predicted molar refractivity (Wildman–Crippen MR) is 128 cm³/mol. The molecule has 2 aliphatic heterocycles. The van der Waals surface area contributed by atoms with E-state index >= 15 is 0 Å². The summed E-state index contributed by atoms with van der Waals surface area (Å²) in [6.45, 7) is 2.20. The number of hydrogen-bond donors (Lipinski definition) is 0. The van der Waals surface area contributed by atoms with Crippen LogP contribution in [0.15, 0.2) is 28.7 Å². The smallest absolute Gasteiger partial charge is 0.245 e. The van der Waals surface area contributed by atoms with E-state index in [1.54, 1.807) is 0 Å². The van der Waals surface area contributed by atoms with Crippen LogP contribution in [-0.2, 0) is 9.59 Å². The second kappa shape index (κ2) is 7.82. The van der Waals surface area contributed by atoms with Gasteiger partial charge in [-0.15, -0.1) is 0 Å². The Morgan fingerprint density at radius 3 is 2.26 bits per heavy atom. The van der Waals surface area contributed by atoms with Gasteiger partial charge in [0.25, 0.3) is 0 Å². The topological polar surface area (TPSA) is 66.7 Å². The number of para-hydroxylation sites is 2. The SMILES string of the molecule is O=C(C1CCCN1C(=O)C12CC3CC(CC(C3)C1)C2)N1CCC(c2nc3ccccc3o2)CC1. The molecule has 4 aliphatic carbocycles. The molecule has 0 radical (unpaired) electrons. The molecule has 3 heterocycles. The highest BCUT2D eigenvalue weighted by Gasteiger charge is 2.57. The summed E-state index contributed by atoms with van der Waals surface area (Å²) in [6.07, 6.45) is 10.7. The first kappa shape index (κ1) is 21.0. The predicted octanol–water partition coefficient (Wildman–Crippen LogP) is 4.74. The van der Waals surface area contributed by atoms with Gasteiger partial charge in [0, 0.05) is 25.6 Å².